The van der Waals surface area contributed by atoms with Crippen LogP contribution in [-0.4, -0.2) is 28.5 Å². The lowest BCUT2D eigenvalue weighted by Gasteiger charge is -2.42. The second-order valence-corrected chi connectivity index (χ2v) is 10.5. The summed E-state index contributed by atoms with van der Waals surface area (Å²) >= 11 is 0. The van der Waals surface area contributed by atoms with Gasteiger partial charge in [0.05, 0.1) is 17.5 Å². The summed E-state index contributed by atoms with van der Waals surface area (Å²) in [6.45, 7) is 3.61. The van der Waals surface area contributed by atoms with Crippen molar-refractivity contribution in [3.8, 4) is 5.75 Å². The SMILES string of the molecule is CCc1ccc(N2C(=O)C3CC=C4C(c5ccc(O)c(F)c5)C5=C(CC4C3C2=O)C(=O)C(C)=CC5=O)cc1. The fourth-order valence-corrected chi connectivity index (χ4v) is 6.60. The molecule has 0 saturated carbocycles. The molecule has 2 aromatic carbocycles. The van der Waals surface area contributed by atoms with Crippen molar-refractivity contribution in [1.82, 2.24) is 0 Å². The average Bonchev–Trinajstić information content (AvgIpc) is 3.17. The molecule has 6 nitrogen and oxygen atoms in total. The fraction of sp³-hybridized carbons (Fsp3) is 0.290. The zero-order valence-electron chi connectivity index (χ0n) is 21.0. The molecule has 192 valence electrons. The summed E-state index contributed by atoms with van der Waals surface area (Å²) in [5, 5.41) is 9.77. The molecule has 3 aliphatic carbocycles. The van der Waals surface area contributed by atoms with Gasteiger partial charge in [-0.1, -0.05) is 36.8 Å². The number of rotatable bonds is 3. The third-order valence-electron chi connectivity index (χ3n) is 8.47. The van der Waals surface area contributed by atoms with E-state index in [9.17, 15) is 28.7 Å². The maximum Gasteiger partial charge on any atom is 0.238 e. The van der Waals surface area contributed by atoms with Gasteiger partial charge < -0.3 is 5.11 Å². The first-order chi connectivity index (χ1) is 18.2. The summed E-state index contributed by atoms with van der Waals surface area (Å²) in [5.41, 5.74) is 3.69. The van der Waals surface area contributed by atoms with Crippen molar-refractivity contribution >= 4 is 29.1 Å². The average molecular weight is 512 g/mol. The van der Waals surface area contributed by atoms with E-state index < -0.39 is 35.2 Å². The Balaban J connectivity index is 1.47. The van der Waals surface area contributed by atoms with Crippen LogP contribution in [0.5, 0.6) is 5.75 Å². The number of hydrogen-bond acceptors (Lipinski definition) is 5. The molecule has 7 heteroatoms. The van der Waals surface area contributed by atoms with Crippen molar-refractivity contribution in [3.63, 3.8) is 0 Å². The quantitative estimate of drug-likeness (QED) is 0.366. The molecule has 0 aromatic heterocycles. The van der Waals surface area contributed by atoms with Gasteiger partial charge in [-0.3, -0.25) is 24.1 Å². The first kappa shape index (κ1) is 24.2. The molecule has 6 rings (SSSR count). The summed E-state index contributed by atoms with van der Waals surface area (Å²) in [6, 6.07) is 11.3. The number of aryl methyl sites for hydroxylation is 1. The van der Waals surface area contributed by atoms with Crippen LogP contribution in [0, 0.1) is 23.6 Å². The Morgan fingerprint density at radius 3 is 2.42 bits per heavy atom. The topological polar surface area (TPSA) is 91.8 Å². The predicted molar refractivity (Wildman–Crippen MR) is 138 cm³/mol. The van der Waals surface area contributed by atoms with Gasteiger partial charge in [-0.2, -0.15) is 0 Å². The van der Waals surface area contributed by atoms with Crippen LogP contribution in [0.25, 0.3) is 0 Å². The van der Waals surface area contributed by atoms with E-state index in [0.717, 1.165) is 17.6 Å². The Morgan fingerprint density at radius 2 is 1.74 bits per heavy atom. The zero-order chi connectivity index (χ0) is 26.9. The van der Waals surface area contributed by atoms with Gasteiger partial charge >= 0.3 is 0 Å². The van der Waals surface area contributed by atoms with E-state index in [4.69, 9.17) is 0 Å². The van der Waals surface area contributed by atoms with Crippen LogP contribution in [0.2, 0.25) is 0 Å². The summed E-state index contributed by atoms with van der Waals surface area (Å²) in [4.78, 5) is 55.2. The second kappa shape index (κ2) is 8.72. The molecule has 1 fully saturated rings. The first-order valence-electron chi connectivity index (χ1n) is 12.9. The van der Waals surface area contributed by atoms with Crippen LogP contribution in [0.4, 0.5) is 10.1 Å². The van der Waals surface area contributed by atoms with Gasteiger partial charge in [0.25, 0.3) is 0 Å². The molecule has 38 heavy (non-hydrogen) atoms. The standard InChI is InChI=1S/C31H26FNO5/c1-3-16-4-7-18(8-5-16)33-30(37)20-10-9-19-21(27(20)31(33)38)14-22-28(25(35)12-15(2)29(22)36)26(19)17-6-11-24(34)23(32)13-17/h4-9,11-13,20-21,26-27,34H,3,10,14H2,1-2H3. The minimum absolute atomic E-state index is 0.163. The predicted octanol–water partition coefficient (Wildman–Crippen LogP) is 4.73. The van der Waals surface area contributed by atoms with Crippen LogP contribution < -0.4 is 4.90 Å². The highest BCUT2D eigenvalue weighted by Crippen LogP contribution is 2.55. The molecule has 2 aromatic rings. The molecule has 1 N–H and O–H groups in total. The Morgan fingerprint density at radius 1 is 1.00 bits per heavy atom. The number of ketones is 2. The van der Waals surface area contributed by atoms with Crippen LogP contribution in [0.15, 0.2) is 76.9 Å². The molecule has 0 radical (unpaired) electrons. The lowest BCUT2D eigenvalue weighted by Crippen LogP contribution is -2.39. The van der Waals surface area contributed by atoms with Crippen molar-refractivity contribution in [1.29, 1.82) is 0 Å². The largest absolute Gasteiger partial charge is 0.505 e. The minimum atomic E-state index is -0.837. The molecule has 2 amide bonds. The van der Waals surface area contributed by atoms with Gasteiger partial charge in [0.2, 0.25) is 11.8 Å². The van der Waals surface area contributed by atoms with E-state index in [1.807, 2.05) is 25.1 Å². The molecule has 4 aliphatic rings. The molecular weight excluding hydrogens is 485 g/mol. The number of hydrogen-bond donors (Lipinski definition) is 1. The minimum Gasteiger partial charge on any atom is -0.505 e. The summed E-state index contributed by atoms with van der Waals surface area (Å²) in [7, 11) is 0. The monoisotopic (exact) mass is 511 g/mol. The number of nitrogens with zero attached hydrogens (tertiary/aromatic N) is 1. The number of amides is 2. The molecule has 4 atom stereocenters. The normalized spacial score (nSPS) is 26.7. The maximum atomic E-state index is 14.5. The van der Waals surface area contributed by atoms with Crippen LogP contribution in [0.1, 0.15) is 43.7 Å². The van der Waals surface area contributed by atoms with Gasteiger partial charge in [-0.25, -0.2) is 4.39 Å². The van der Waals surface area contributed by atoms with Gasteiger partial charge in [-0.15, -0.1) is 0 Å². The third-order valence-corrected chi connectivity index (χ3v) is 8.47. The maximum absolute atomic E-state index is 14.5. The Labute approximate surface area is 219 Å². The zero-order valence-corrected chi connectivity index (χ0v) is 21.0. The number of phenols is 1. The van der Waals surface area contributed by atoms with E-state index in [1.54, 1.807) is 19.1 Å². The van der Waals surface area contributed by atoms with E-state index in [2.05, 4.69) is 0 Å². The highest BCUT2D eigenvalue weighted by molar-refractivity contribution is 6.25. The number of imide groups is 1. The number of Topliss-reactive ketones (excluding diaryl/α,β-unsaturated/α-hetero) is 1. The third kappa shape index (κ3) is 3.45. The van der Waals surface area contributed by atoms with Crippen molar-refractivity contribution in [3.05, 3.63) is 93.9 Å². The Hall–Kier alpha value is -4.13. The van der Waals surface area contributed by atoms with Crippen LogP contribution in [-0.2, 0) is 25.6 Å². The second-order valence-electron chi connectivity index (χ2n) is 10.5. The number of allylic oxidation sites excluding steroid dienone is 6. The lowest BCUT2D eigenvalue weighted by atomic mass is 9.59. The smallest absolute Gasteiger partial charge is 0.238 e. The number of carbonyl (C=O) groups is 4. The van der Waals surface area contributed by atoms with Gasteiger partial charge in [0.1, 0.15) is 0 Å². The van der Waals surface area contributed by atoms with E-state index in [0.29, 0.717) is 28.8 Å². The highest BCUT2D eigenvalue weighted by Gasteiger charge is 2.56. The number of phenolic OH excluding ortho intramolecular Hbond substituents is 1. The molecule has 1 heterocycles. The molecule has 0 spiro atoms. The number of aromatic hydroxyl groups is 1. The molecular formula is C31H26FNO5. The number of carbonyl (C=O) groups excluding carboxylic acids is 4. The van der Waals surface area contributed by atoms with Crippen molar-refractivity contribution in [2.24, 2.45) is 17.8 Å². The van der Waals surface area contributed by atoms with Crippen molar-refractivity contribution in [2.45, 2.75) is 39.0 Å². The molecule has 1 aliphatic heterocycles. The van der Waals surface area contributed by atoms with Crippen molar-refractivity contribution < 1.29 is 28.7 Å². The Kier molecular flexibility index (Phi) is 5.56. The van der Waals surface area contributed by atoms with Gasteiger partial charge in [0.15, 0.2) is 23.1 Å². The number of anilines is 1. The van der Waals surface area contributed by atoms with E-state index in [1.165, 1.54) is 29.2 Å². The van der Waals surface area contributed by atoms with Crippen molar-refractivity contribution in [2.75, 3.05) is 4.90 Å². The molecule has 0 bridgehead atoms. The van der Waals surface area contributed by atoms with Gasteiger partial charge in [-0.05, 0) is 73.6 Å². The van der Waals surface area contributed by atoms with Crippen LogP contribution >= 0.6 is 0 Å². The summed E-state index contributed by atoms with van der Waals surface area (Å²) < 4.78 is 14.5. The van der Waals surface area contributed by atoms with E-state index >= 15 is 0 Å². The number of benzene rings is 2. The summed E-state index contributed by atoms with van der Waals surface area (Å²) in [5.74, 6) is -5.04. The fourth-order valence-electron chi connectivity index (χ4n) is 6.60. The first-order valence-corrected chi connectivity index (χ1v) is 12.9. The van der Waals surface area contributed by atoms with E-state index in [-0.39, 0.29) is 35.4 Å². The van der Waals surface area contributed by atoms with Crippen LogP contribution in [0.3, 0.4) is 0 Å². The number of halogens is 1. The molecule has 1 saturated heterocycles. The summed E-state index contributed by atoms with van der Waals surface area (Å²) in [6.07, 6.45) is 4.50. The van der Waals surface area contributed by atoms with Gasteiger partial charge in [0, 0.05) is 22.6 Å². The Bertz CT molecular complexity index is 1530. The molecule has 4 unspecified atom stereocenters. The highest BCUT2D eigenvalue weighted by atomic mass is 19.1. The number of fused-ring (bicyclic) bond motifs is 3. The lowest BCUT2D eigenvalue weighted by molar-refractivity contribution is -0.123.